The quantitative estimate of drug-likeness (QED) is 0.725. The van der Waals surface area contributed by atoms with Gasteiger partial charge in [-0.1, -0.05) is 13.8 Å². The highest BCUT2D eigenvalue weighted by Gasteiger charge is 2.42. The fraction of sp³-hybridized carbons (Fsp3) is 0.833. The first-order chi connectivity index (χ1) is 9.34. The van der Waals surface area contributed by atoms with Gasteiger partial charge < -0.3 is 14.7 Å². The van der Waals surface area contributed by atoms with E-state index in [1.54, 1.807) is 0 Å². The van der Waals surface area contributed by atoms with Crippen molar-refractivity contribution in [2.45, 2.75) is 38.1 Å². The van der Waals surface area contributed by atoms with Gasteiger partial charge in [-0.15, -0.1) is 11.8 Å². The number of ether oxygens (including phenoxy) is 1. The Labute approximate surface area is 120 Å². The number of carboxylic acid groups (broad SMARTS) is 1. The summed E-state index contributed by atoms with van der Waals surface area (Å²) in [6.45, 7) is 2.99. The third-order valence-electron chi connectivity index (χ3n) is 2.88. The summed E-state index contributed by atoms with van der Waals surface area (Å²) in [5.74, 6) is -0.935. The van der Waals surface area contributed by atoms with Gasteiger partial charge in [0.2, 0.25) is 5.91 Å². The Hall–Kier alpha value is -0.890. The Morgan fingerprint density at radius 3 is 2.60 bits per heavy atom. The van der Waals surface area contributed by atoms with Crippen LogP contribution in [0.4, 0.5) is 8.78 Å². The van der Waals surface area contributed by atoms with Crippen LogP contribution in [0.15, 0.2) is 0 Å². The van der Waals surface area contributed by atoms with Gasteiger partial charge in [-0.2, -0.15) is 0 Å². The Morgan fingerprint density at radius 1 is 1.45 bits per heavy atom. The average molecular weight is 311 g/mol. The molecule has 0 radical (unpaired) electrons. The Balaban J connectivity index is 2.58. The normalized spacial score (nSPS) is 22.8. The number of alkyl halides is 2. The summed E-state index contributed by atoms with van der Waals surface area (Å²) in [4.78, 5) is 24.6. The van der Waals surface area contributed by atoms with Gasteiger partial charge in [-0.05, 0) is 5.92 Å². The number of thioether (sulfide) groups is 1. The summed E-state index contributed by atoms with van der Waals surface area (Å²) in [7, 11) is 0. The van der Waals surface area contributed by atoms with Crippen molar-refractivity contribution in [1.29, 1.82) is 0 Å². The SMILES string of the molecule is CC(C)C1SCC(C(=O)O)N1C(=O)CCOCC(F)F. The zero-order valence-corrected chi connectivity index (χ0v) is 12.2. The van der Waals surface area contributed by atoms with E-state index in [1.165, 1.54) is 16.7 Å². The largest absolute Gasteiger partial charge is 0.480 e. The minimum Gasteiger partial charge on any atom is -0.480 e. The molecule has 0 saturated carbocycles. The number of hydrogen-bond donors (Lipinski definition) is 1. The highest BCUT2D eigenvalue weighted by molar-refractivity contribution is 8.00. The molecule has 1 aliphatic rings. The van der Waals surface area contributed by atoms with Gasteiger partial charge in [0.15, 0.2) is 0 Å². The lowest BCUT2D eigenvalue weighted by atomic mass is 10.1. The van der Waals surface area contributed by atoms with Crippen LogP contribution in [0.2, 0.25) is 0 Å². The number of nitrogens with zero attached hydrogens (tertiary/aromatic N) is 1. The van der Waals surface area contributed by atoms with Gasteiger partial charge in [0, 0.05) is 5.75 Å². The van der Waals surface area contributed by atoms with Crippen molar-refractivity contribution < 1.29 is 28.2 Å². The van der Waals surface area contributed by atoms with Gasteiger partial charge in [0.25, 0.3) is 6.43 Å². The first kappa shape index (κ1) is 17.2. The van der Waals surface area contributed by atoms with Crippen molar-refractivity contribution in [3.63, 3.8) is 0 Å². The molecule has 5 nitrogen and oxygen atoms in total. The summed E-state index contributed by atoms with van der Waals surface area (Å²) < 4.78 is 28.5. The van der Waals surface area contributed by atoms with E-state index in [4.69, 9.17) is 5.11 Å². The monoisotopic (exact) mass is 311 g/mol. The number of amides is 1. The minimum absolute atomic E-state index is 0.0831. The van der Waals surface area contributed by atoms with Crippen LogP contribution in [-0.4, -0.2) is 58.7 Å². The fourth-order valence-electron chi connectivity index (χ4n) is 2.01. The number of carbonyl (C=O) groups excluding carboxylic acids is 1. The molecule has 1 fully saturated rings. The molecule has 0 bridgehead atoms. The van der Waals surface area contributed by atoms with Crippen molar-refractivity contribution in [1.82, 2.24) is 4.90 Å². The Bertz CT molecular complexity index is 354. The maximum Gasteiger partial charge on any atom is 0.327 e. The summed E-state index contributed by atoms with van der Waals surface area (Å²) in [5, 5.41) is 8.94. The number of carboxylic acids is 1. The summed E-state index contributed by atoms with van der Waals surface area (Å²) >= 11 is 1.43. The van der Waals surface area contributed by atoms with Gasteiger partial charge in [0.1, 0.15) is 12.6 Å². The molecule has 0 aliphatic carbocycles. The molecule has 2 atom stereocenters. The van der Waals surface area contributed by atoms with E-state index >= 15 is 0 Å². The van der Waals surface area contributed by atoms with E-state index in [0.717, 1.165) is 0 Å². The van der Waals surface area contributed by atoms with Crippen LogP contribution in [0.25, 0.3) is 0 Å². The molecule has 1 heterocycles. The van der Waals surface area contributed by atoms with Crippen molar-refractivity contribution in [3.8, 4) is 0 Å². The van der Waals surface area contributed by atoms with E-state index < -0.39 is 25.0 Å². The summed E-state index contributed by atoms with van der Waals surface area (Å²) in [6.07, 6.45) is -2.65. The molecule has 1 N–H and O–H groups in total. The molecule has 1 rings (SSSR count). The van der Waals surface area contributed by atoms with Crippen molar-refractivity contribution in [2.75, 3.05) is 19.0 Å². The van der Waals surface area contributed by atoms with E-state index in [1.807, 2.05) is 13.8 Å². The van der Waals surface area contributed by atoms with Crippen LogP contribution in [0.3, 0.4) is 0 Å². The van der Waals surface area contributed by atoms with Crippen LogP contribution in [0, 0.1) is 5.92 Å². The lowest BCUT2D eigenvalue weighted by Crippen LogP contribution is -2.47. The second-order valence-corrected chi connectivity index (χ2v) is 5.99. The van der Waals surface area contributed by atoms with Crippen LogP contribution in [0.1, 0.15) is 20.3 Å². The molecule has 116 valence electrons. The smallest absolute Gasteiger partial charge is 0.327 e. The maximum atomic E-state index is 12.1. The highest BCUT2D eigenvalue weighted by Crippen LogP contribution is 2.34. The predicted octanol–water partition coefficient (Wildman–Crippen LogP) is 1.67. The molecular formula is C12H19F2NO4S. The number of carbonyl (C=O) groups is 2. The van der Waals surface area contributed by atoms with Crippen molar-refractivity contribution >= 4 is 23.6 Å². The summed E-state index contributed by atoms with van der Waals surface area (Å²) in [6, 6.07) is -0.852. The molecule has 2 unspecified atom stereocenters. The van der Waals surface area contributed by atoms with E-state index in [2.05, 4.69) is 4.74 Å². The first-order valence-electron chi connectivity index (χ1n) is 6.36. The van der Waals surface area contributed by atoms with Crippen molar-refractivity contribution in [3.05, 3.63) is 0 Å². The zero-order valence-electron chi connectivity index (χ0n) is 11.4. The summed E-state index contributed by atoms with van der Waals surface area (Å²) in [5.41, 5.74) is 0. The van der Waals surface area contributed by atoms with E-state index in [-0.39, 0.29) is 30.2 Å². The first-order valence-corrected chi connectivity index (χ1v) is 7.41. The molecular weight excluding hydrogens is 292 g/mol. The number of rotatable bonds is 7. The van der Waals surface area contributed by atoms with Crippen LogP contribution >= 0.6 is 11.8 Å². The second kappa shape index (κ2) is 7.78. The molecule has 0 aromatic rings. The molecule has 20 heavy (non-hydrogen) atoms. The highest BCUT2D eigenvalue weighted by atomic mass is 32.2. The van der Waals surface area contributed by atoms with Crippen molar-refractivity contribution in [2.24, 2.45) is 5.92 Å². The predicted molar refractivity (Wildman–Crippen MR) is 70.8 cm³/mol. The molecule has 0 aromatic carbocycles. The molecule has 8 heteroatoms. The third-order valence-corrected chi connectivity index (χ3v) is 4.50. The number of halogens is 2. The van der Waals surface area contributed by atoms with E-state index in [0.29, 0.717) is 5.75 Å². The van der Waals surface area contributed by atoms with Crippen LogP contribution < -0.4 is 0 Å². The van der Waals surface area contributed by atoms with Crippen LogP contribution in [-0.2, 0) is 14.3 Å². The lowest BCUT2D eigenvalue weighted by molar-refractivity contribution is -0.150. The van der Waals surface area contributed by atoms with Gasteiger partial charge in [-0.3, -0.25) is 4.79 Å². The third kappa shape index (κ3) is 4.59. The lowest BCUT2D eigenvalue weighted by Gasteiger charge is -2.29. The minimum atomic E-state index is -2.57. The average Bonchev–Trinajstić information content (AvgIpc) is 2.78. The standard InChI is InChI=1S/C12H19F2NO4S/c1-7(2)11-15(8(6-20-11)12(17)18)10(16)3-4-19-5-9(13)14/h7-9,11H,3-6H2,1-2H3,(H,17,18). The van der Waals surface area contributed by atoms with E-state index in [9.17, 15) is 18.4 Å². The molecule has 1 saturated heterocycles. The number of aliphatic carboxylic acids is 1. The molecule has 0 spiro atoms. The Kier molecular flexibility index (Phi) is 6.67. The second-order valence-electron chi connectivity index (χ2n) is 4.84. The number of hydrogen-bond acceptors (Lipinski definition) is 4. The van der Waals surface area contributed by atoms with Gasteiger partial charge in [0.05, 0.1) is 18.4 Å². The van der Waals surface area contributed by atoms with Gasteiger partial charge in [-0.25, -0.2) is 13.6 Å². The van der Waals surface area contributed by atoms with Crippen LogP contribution in [0.5, 0.6) is 0 Å². The zero-order chi connectivity index (χ0) is 15.3. The molecule has 1 aliphatic heterocycles. The topological polar surface area (TPSA) is 66.8 Å². The Morgan fingerprint density at radius 2 is 2.10 bits per heavy atom. The molecule has 0 aromatic heterocycles. The molecule has 1 amide bonds. The van der Waals surface area contributed by atoms with Gasteiger partial charge >= 0.3 is 5.97 Å². The maximum absolute atomic E-state index is 12.1. The fourth-order valence-corrected chi connectivity index (χ4v) is 3.50.